The van der Waals surface area contributed by atoms with Crippen molar-refractivity contribution in [2.45, 2.75) is 31.2 Å². The van der Waals surface area contributed by atoms with E-state index in [4.69, 9.17) is 5.11 Å². The molecule has 0 fully saturated rings. The van der Waals surface area contributed by atoms with Crippen LogP contribution in [0.15, 0.2) is 27.6 Å². The molecule has 0 aliphatic heterocycles. The van der Waals surface area contributed by atoms with Crippen molar-refractivity contribution in [3.05, 3.63) is 28.2 Å². The third-order valence-corrected chi connectivity index (χ3v) is 4.75. The Hall–Kier alpha value is -0.920. The van der Waals surface area contributed by atoms with Gasteiger partial charge in [-0.15, -0.1) is 0 Å². The lowest BCUT2D eigenvalue weighted by atomic mass is 10.2. The van der Waals surface area contributed by atoms with Crippen LogP contribution in [-0.2, 0) is 14.8 Å². The fourth-order valence-corrected chi connectivity index (χ4v) is 3.00. The molecular weight excluding hydrogens is 322 g/mol. The summed E-state index contributed by atoms with van der Waals surface area (Å²) in [5.74, 6) is -1.04. The van der Waals surface area contributed by atoms with Gasteiger partial charge >= 0.3 is 5.97 Å². The highest BCUT2D eigenvalue weighted by Crippen LogP contribution is 2.20. The van der Waals surface area contributed by atoms with Crippen LogP contribution in [0.4, 0.5) is 0 Å². The van der Waals surface area contributed by atoms with E-state index in [-0.39, 0.29) is 11.3 Å². The Balaban J connectivity index is 2.92. The molecule has 1 aromatic rings. The molecule has 0 aromatic heterocycles. The molecule has 0 saturated carbocycles. The van der Waals surface area contributed by atoms with E-state index in [1.807, 2.05) is 0 Å². The van der Waals surface area contributed by atoms with Gasteiger partial charge in [0.1, 0.15) is 0 Å². The maximum Gasteiger partial charge on any atom is 0.304 e. The first-order valence-electron chi connectivity index (χ1n) is 5.22. The van der Waals surface area contributed by atoms with Crippen LogP contribution in [0.5, 0.6) is 0 Å². The van der Waals surface area contributed by atoms with Gasteiger partial charge in [0.05, 0.1) is 11.3 Å². The Bertz CT molecular complexity index is 556. The molecule has 100 valence electrons. The lowest BCUT2D eigenvalue weighted by molar-refractivity contribution is -0.137. The molecule has 5 nitrogen and oxygen atoms in total. The number of halogens is 1. The molecule has 1 atom stereocenters. The van der Waals surface area contributed by atoms with Crippen LogP contribution >= 0.6 is 15.9 Å². The van der Waals surface area contributed by atoms with Crippen LogP contribution in [0.25, 0.3) is 0 Å². The number of carboxylic acid groups (broad SMARTS) is 1. The van der Waals surface area contributed by atoms with Gasteiger partial charge in [-0.1, -0.05) is 15.9 Å². The van der Waals surface area contributed by atoms with Crippen molar-refractivity contribution < 1.29 is 18.3 Å². The lowest BCUT2D eigenvalue weighted by Crippen LogP contribution is -2.34. The van der Waals surface area contributed by atoms with Crippen molar-refractivity contribution in [3.63, 3.8) is 0 Å². The van der Waals surface area contributed by atoms with Gasteiger partial charge in [-0.05, 0) is 37.6 Å². The van der Waals surface area contributed by atoms with Gasteiger partial charge in [0.25, 0.3) is 0 Å². The largest absolute Gasteiger partial charge is 0.481 e. The average Bonchev–Trinajstić information content (AvgIpc) is 2.19. The van der Waals surface area contributed by atoms with Gasteiger partial charge in [0, 0.05) is 10.5 Å². The van der Waals surface area contributed by atoms with E-state index in [0.717, 1.165) is 10.0 Å². The van der Waals surface area contributed by atoms with Gasteiger partial charge in [-0.25, -0.2) is 13.1 Å². The van der Waals surface area contributed by atoms with Crippen LogP contribution in [0, 0.1) is 6.92 Å². The summed E-state index contributed by atoms with van der Waals surface area (Å²) in [4.78, 5) is 10.6. The SMILES string of the molecule is Cc1cc(S(=O)(=O)NC(C)CC(=O)O)ccc1Br. The van der Waals surface area contributed by atoms with E-state index in [2.05, 4.69) is 20.7 Å². The van der Waals surface area contributed by atoms with Crippen molar-refractivity contribution in [1.29, 1.82) is 0 Å². The van der Waals surface area contributed by atoms with E-state index in [1.165, 1.54) is 19.1 Å². The molecule has 0 bridgehead atoms. The quantitative estimate of drug-likeness (QED) is 0.860. The highest BCUT2D eigenvalue weighted by atomic mass is 79.9. The predicted molar refractivity (Wildman–Crippen MR) is 70.9 cm³/mol. The highest BCUT2D eigenvalue weighted by Gasteiger charge is 2.19. The number of hydrogen-bond acceptors (Lipinski definition) is 3. The molecule has 0 aliphatic carbocycles. The Labute approximate surface area is 114 Å². The Morgan fingerprint density at radius 2 is 2.11 bits per heavy atom. The summed E-state index contributed by atoms with van der Waals surface area (Å²) in [5.41, 5.74) is 0.795. The van der Waals surface area contributed by atoms with E-state index in [0.29, 0.717) is 0 Å². The minimum Gasteiger partial charge on any atom is -0.481 e. The smallest absolute Gasteiger partial charge is 0.304 e. The van der Waals surface area contributed by atoms with Crippen molar-refractivity contribution >= 4 is 31.9 Å². The van der Waals surface area contributed by atoms with Crippen molar-refractivity contribution in [2.75, 3.05) is 0 Å². The average molecular weight is 336 g/mol. The first-order chi connectivity index (χ1) is 8.22. The van der Waals surface area contributed by atoms with Crippen LogP contribution in [0.2, 0.25) is 0 Å². The third kappa shape index (κ3) is 4.08. The fraction of sp³-hybridized carbons (Fsp3) is 0.364. The van der Waals surface area contributed by atoms with Crippen molar-refractivity contribution in [3.8, 4) is 0 Å². The molecular formula is C11H14BrNO4S. The van der Waals surface area contributed by atoms with E-state index >= 15 is 0 Å². The maximum absolute atomic E-state index is 12.0. The molecule has 0 aliphatic rings. The maximum atomic E-state index is 12.0. The molecule has 0 spiro atoms. The number of sulfonamides is 1. The third-order valence-electron chi connectivity index (χ3n) is 2.28. The number of rotatable bonds is 5. The van der Waals surface area contributed by atoms with Crippen molar-refractivity contribution in [1.82, 2.24) is 4.72 Å². The Morgan fingerprint density at radius 3 is 2.61 bits per heavy atom. The summed E-state index contributed by atoms with van der Waals surface area (Å²) < 4.78 is 27.1. The number of aryl methyl sites for hydroxylation is 1. The minimum atomic E-state index is -3.68. The van der Waals surface area contributed by atoms with Gasteiger partial charge in [-0.2, -0.15) is 0 Å². The molecule has 0 saturated heterocycles. The summed E-state index contributed by atoms with van der Waals surface area (Å²) in [5, 5.41) is 8.59. The Kier molecular flexibility index (Phi) is 4.89. The normalized spacial score (nSPS) is 13.3. The predicted octanol–water partition coefficient (Wildman–Crippen LogP) is 1.90. The first-order valence-corrected chi connectivity index (χ1v) is 7.50. The van der Waals surface area contributed by atoms with Crippen molar-refractivity contribution in [2.24, 2.45) is 0 Å². The molecule has 7 heteroatoms. The van der Waals surface area contributed by atoms with Gasteiger partial charge in [0.2, 0.25) is 10.0 Å². The number of aliphatic carboxylic acids is 1. The molecule has 1 unspecified atom stereocenters. The van der Waals surface area contributed by atoms with Crippen LogP contribution in [0.3, 0.4) is 0 Å². The zero-order chi connectivity index (χ0) is 13.9. The highest BCUT2D eigenvalue weighted by molar-refractivity contribution is 9.10. The van der Waals surface area contributed by atoms with Gasteiger partial charge < -0.3 is 5.11 Å². The Morgan fingerprint density at radius 1 is 1.50 bits per heavy atom. The van der Waals surface area contributed by atoms with Crippen LogP contribution < -0.4 is 4.72 Å². The molecule has 1 aromatic carbocycles. The zero-order valence-electron chi connectivity index (χ0n) is 9.97. The standard InChI is InChI=1S/C11H14BrNO4S/c1-7-5-9(3-4-10(7)12)18(16,17)13-8(2)6-11(14)15/h3-5,8,13H,6H2,1-2H3,(H,14,15). The fourth-order valence-electron chi connectivity index (χ4n) is 1.42. The first kappa shape index (κ1) is 15.1. The molecule has 0 heterocycles. The van der Waals surface area contributed by atoms with Gasteiger partial charge in [0.15, 0.2) is 0 Å². The number of nitrogens with one attached hydrogen (secondary N) is 1. The second kappa shape index (κ2) is 5.81. The monoisotopic (exact) mass is 335 g/mol. The molecule has 1 rings (SSSR count). The second-order valence-corrected chi connectivity index (χ2v) is 6.60. The van der Waals surface area contributed by atoms with E-state index < -0.39 is 22.0 Å². The topological polar surface area (TPSA) is 83.5 Å². The van der Waals surface area contributed by atoms with Crippen LogP contribution in [0.1, 0.15) is 18.9 Å². The molecule has 0 radical (unpaired) electrons. The minimum absolute atomic E-state index is 0.125. The summed E-state index contributed by atoms with van der Waals surface area (Å²) in [7, 11) is -3.68. The molecule has 2 N–H and O–H groups in total. The van der Waals surface area contributed by atoms with E-state index in [9.17, 15) is 13.2 Å². The summed E-state index contributed by atoms with van der Waals surface area (Å²) >= 11 is 3.29. The number of hydrogen-bond donors (Lipinski definition) is 2. The van der Waals surface area contributed by atoms with Gasteiger partial charge in [-0.3, -0.25) is 4.79 Å². The summed E-state index contributed by atoms with van der Waals surface area (Å²) in [6.07, 6.45) is -0.255. The number of carbonyl (C=O) groups is 1. The molecule has 0 amide bonds. The molecule has 18 heavy (non-hydrogen) atoms. The summed E-state index contributed by atoms with van der Waals surface area (Å²) in [6.45, 7) is 3.29. The zero-order valence-corrected chi connectivity index (χ0v) is 12.4. The van der Waals surface area contributed by atoms with Crippen LogP contribution in [-0.4, -0.2) is 25.5 Å². The second-order valence-electron chi connectivity index (χ2n) is 4.03. The number of benzene rings is 1. The lowest BCUT2D eigenvalue weighted by Gasteiger charge is -2.12. The van der Waals surface area contributed by atoms with E-state index in [1.54, 1.807) is 13.0 Å². The number of carboxylic acids is 1. The summed E-state index contributed by atoms with van der Waals surface area (Å²) in [6, 6.07) is 3.98.